The topological polar surface area (TPSA) is 65.2 Å². The summed E-state index contributed by atoms with van der Waals surface area (Å²) in [5.41, 5.74) is 4.33. The lowest BCUT2D eigenvalue weighted by molar-refractivity contribution is 0.0766. The minimum absolute atomic E-state index is 0.0554. The minimum Gasteiger partial charge on any atom is -0.354 e. The molecule has 158 valence electrons. The zero-order valence-corrected chi connectivity index (χ0v) is 19.3. The van der Waals surface area contributed by atoms with Crippen molar-refractivity contribution in [2.24, 2.45) is 0 Å². The Bertz CT molecular complexity index is 1150. The molecule has 0 bridgehead atoms. The highest BCUT2D eigenvalue weighted by Crippen LogP contribution is 2.24. The van der Waals surface area contributed by atoms with Crippen LogP contribution in [-0.2, 0) is 0 Å². The molecule has 0 unspecified atom stereocenters. The van der Waals surface area contributed by atoms with Gasteiger partial charge in [-0.2, -0.15) is 5.26 Å². The number of hydrogen-bond acceptors (Lipinski definition) is 4. The van der Waals surface area contributed by atoms with E-state index in [2.05, 4.69) is 36.5 Å². The number of aromatic nitrogens is 2. The van der Waals surface area contributed by atoms with Crippen molar-refractivity contribution in [2.75, 3.05) is 31.1 Å². The van der Waals surface area contributed by atoms with E-state index >= 15 is 0 Å². The van der Waals surface area contributed by atoms with Crippen LogP contribution < -0.4 is 4.90 Å². The molecule has 1 aliphatic heterocycles. The molecule has 0 aliphatic carbocycles. The summed E-state index contributed by atoms with van der Waals surface area (Å²) >= 11 is 3.48. The fourth-order valence-corrected chi connectivity index (χ4v) is 4.47. The standard InChI is InChI=1S/C24H24BrN5O/c1-17-15-22(18(2)30(17)21-8-6-20(25)7-9-21)24(31)29-12-4-11-28(13-14-29)23-19(16-26)5-3-10-27-23/h3,5-10,15H,4,11-14H2,1-2H3. The molecule has 3 heterocycles. The van der Waals surface area contributed by atoms with Crippen LogP contribution >= 0.6 is 15.9 Å². The van der Waals surface area contributed by atoms with Crippen molar-refractivity contribution in [1.82, 2.24) is 14.5 Å². The van der Waals surface area contributed by atoms with Crippen molar-refractivity contribution in [1.29, 1.82) is 5.26 Å². The Balaban J connectivity index is 1.55. The summed E-state index contributed by atoms with van der Waals surface area (Å²) in [5, 5.41) is 9.39. The number of hydrogen-bond donors (Lipinski definition) is 0. The van der Waals surface area contributed by atoms with Gasteiger partial charge in [0, 0.05) is 53.9 Å². The molecule has 1 fully saturated rings. The van der Waals surface area contributed by atoms with Crippen LogP contribution in [0.15, 0.2) is 53.1 Å². The molecule has 6 nitrogen and oxygen atoms in total. The van der Waals surface area contributed by atoms with E-state index in [1.165, 1.54) is 0 Å². The van der Waals surface area contributed by atoms with Crippen molar-refractivity contribution in [2.45, 2.75) is 20.3 Å². The van der Waals surface area contributed by atoms with E-state index in [-0.39, 0.29) is 5.91 Å². The molecule has 4 rings (SSSR count). The third-order valence-corrected chi connectivity index (χ3v) is 6.26. The highest BCUT2D eigenvalue weighted by Gasteiger charge is 2.25. The van der Waals surface area contributed by atoms with Gasteiger partial charge in [-0.3, -0.25) is 4.79 Å². The first-order chi connectivity index (χ1) is 15.0. The van der Waals surface area contributed by atoms with E-state index in [9.17, 15) is 10.1 Å². The highest BCUT2D eigenvalue weighted by molar-refractivity contribution is 9.10. The number of aryl methyl sites for hydroxylation is 1. The van der Waals surface area contributed by atoms with Crippen LogP contribution in [0.2, 0.25) is 0 Å². The van der Waals surface area contributed by atoms with Gasteiger partial charge in [-0.15, -0.1) is 0 Å². The van der Waals surface area contributed by atoms with Crippen LogP contribution in [0, 0.1) is 25.2 Å². The molecule has 0 atom stereocenters. The predicted molar refractivity (Wildman–Crippen MR) is 125 cm³/mol. The average molecular weight is 478 g/mol. The van der Waals surface area contributed by atoms with E-state index < -0.39 is 0 Å². The summed E-state index contributed by atoms with van der Waals surface area (Å²) in [6.07, 6.45) is 2.54. The lowest BCUT2D eigenvalue weighted by Crippen LogP contribution is -2.35. The first-order valence-corrected chi connectivity index (χ1v) is 11.1. The number of carbonyl (C=O) groups excluding carboxylic acids is 1. The zero-order chi connectivity index (χ0) is 22.0. The van der Waals surface area contributed by atoms with Gasteiger partial charge in [-0.1, -0.05) is 15.9 Å². The Labute approximate surface area is 190 Å². The predicted octanol–water partition coefficient (Wildman–Crippen LogP) is 4.48. The number of rotatable bonds is 3. The number of halogens is 1. The smallest absolute Gasteiger partial charge is 0.255 e. The number of anilines is 1. The molecule has 1 saturated heterocycles. The molecule has 1 amide bonds. The fourth-order valence-electron chi connectivity index (χ4n) is 4.21. The number of amides is 1. The highest BCUT2D eigenvalue weighted by atomic mass is 79.9. The van der Waals surface area contributed by atoms with Crippen LogP contribution in [-0.4, -0.2) is 46.5 Å². The maximum absolute atomic E-state index is 13.4. The third kappa shape index (κ3) is 4.21. The van der Waals surface area contributed by atoms with Crippen LogP contribution in [0.1, 0.15) is 33.7 Å². The maximum Gasteiger partial charge on any atom is 0.255 e. The normalized spacial score (nSPS) is 14.3. The Morgan fingerprint density at radius 1 is 1.10 bits per heavy atom. The van der Waals surface area contributed by atoms with Crippen molar-refractivity contribution < 1.29 is 4.79 Å². The van der Waals surface area contributed by atoms with Gasteiger partial charge in [0.15, 0.2) is 0 Å². The summed E-state index contributed by atoms with van der Waals surface area (Å²) in [5.74, 6) is 0.757. The molecule has 7 heteroatoms. The summed E-state index contributed by atoms with van der Waals surface area (Å²) in [7, 11) is 0. The second kappa shape index (κ2) is 8.94. The van der Waals surface area contributed by atoms with E-state index in [4.69, 9.17) is 0 Å². The van der Waals surface area contributed by atoms with Crippen LogP contribution in [0.25, 0.3) is 5.69 Å². The van der Waals surface area contributed by atoms with Gasteiger partial charge in [0.05, 0.1) is 11.1 Å². The molecule has 0 N–H and O–H groups in total. The lowest BCUT2D eigenvalue weighted by atomic mass is 10.2. The molecule has 0 saturated carbocycles. The van der Waals surface area contributed by atoms with Crippen LogP contribution in [0.3, 0.4) is 0 Å². The first-order valence-electron chi connectivity index (χ1n) is 10.3. The summed E-state index contributed by atoms with van der Waals surface area (Å²) < 4.78 is 3.15. The Morgan fingerprint density at radius 3 is 2.61 bits per heavy atom. The molecule has 0 radical (unpaired) electrons. The maximum atomic E-state index is 13.4. The van der Waals surface area contributed by atoms with Gasteiger partial charge < -0.3 is 14.4 Å². The lowest BCUT2D eigenvalue weighted by Gasteiger charge is -2.23. The molecule has 3 aromatic rings. The largest absolute Gasteiger partial charge is 0.354 e. The Kier molecular flexibility index (Phi) is 6.10. The molecular weight excluding hydrogens is 454 g/mol. The van der Waals surface area contributed by atoms with Gasteiger partial charge in [-0.05, 0) is 62.7 Å². The minimum atomic E-state index is 0.0554. The van der Waals surface area contributed by atoms with Crippen LogP contribution in [0.4, 0.5) is 5.82 Å². The third-order valence-electron chi connectivity index (χ3n) is 5.74. The summed E-state index contributed by atoms with van der Waals surface area (Å²) in [6, 6.07) is 15.9. The van der Waals surface area contributed by atoms with Gasteiger partial charge in [0.1, 0.15) is 11.9 Å². The second-order valence-corrected chi connectivity index (χ2v) is 8.63. The number of benzene rings is 1. The van der Waals surface area contributed by atoms with Crippen molar-refractivity contribution in [3.8, 4) is 11.8 Å². The number of nitriles is 1. The van der Waals surface area contributed by atoms with Crippen molar-refractivity contribution >= 4 is 27.7 Å². The molecule has 1 aromatic carbocycles. The number of pyridine rings is 1. The number of nitrogens with zero attached hydrogens (tertiary/aromatic N) is 5. The van der Waals surface area contributed by atoms with Gasteiger partial charge in [-0.25, -0.2) is 4.98 Å². The van der Waals surface area contributed by atoms with E-state index in [0.29, 0.717) is 31.0 Å². The summed E-state index contributed by atoms with van der Waals surface area (Å²) in [4.78, 5) is 21.8. The Hall–Kier alpha value is -3.11. The average Bonchev–Trinajstić information content (AvgIpc) is 2.95. The van der Waals surface area contributed by atoms with E-state index in [1.807, 2.05) is 49.1 Å². The summed E-state index contributed by atoms with van der Waals surface area (Å²) in [6.45, 7) is 6.74. The Morgan fingerprint density at radius 2 is 1.87 bits per heavy atom. The zero-order valence-electron chi connectivity index (χ0n) is 17.7. The van der Waals surface area contributed by atoms with E-state index in [1.54, 1.807) is 18.3 Å². The van der Waals surface area contributed by atoms with Crippen LogP contribution in [0.5, 0.6) is 0 Å². The van der Waals surface area contributed by atoms with Gasteiger partial charge in [0.2, 0.25) is 0 Å². The molecule has 1 aliphatic rings. The molecular formula is C24H24BrN5O. The van der Waals surface area contributed by atoms with Gasteiger partial charge in [0.25, 0.3) is 5.91 Å². The quantitative estimate of drug-likeness (QED) is 0.557. The monoisotopic (exact) mass is 477 g/mol. The van der Waals surface area contributed by atoms with Gasteiger partial charge >= 0.3 is 0 Å². The van der Waals surface area contributed by atoms with Crippen molar-refractivity contribution in [3.05, 3.63) is 75.6 Å². The number of carbonyl (C=O) groups is 1. The fraction of sp³-hybridized carbons (Fsp3) is 0.292. The SMILES string of the molecule is Cc1cc(C(=O)N2CCCN(c3ncccc3C#N)CC2)c(C)n1-c1ccc(Br)cc1. The molecule has 2 aromatic heterocycles. The second-order valence-electron chi connectivity index (χ2n) is 7.72. The molecule has 0 spiro atoms. The van der Waals surface area contributed by atoms with E-state index in [0.717, 1.165) is 40.1 Å². The van der Waals surface area contributed by atoms with Crippen molar-refractivity contribution in [3.63, 3.8) is 0 Å². The first kappa shape index (κ1) is 21.1. The molecule has 31 heavy (non-hydrogen) atoms.